The number of carbonyl (C=O) groups excluding carboxylic acids is 2. The van der Waals surface area contributed by atoms with Crippen molar-refractivity contribution >= 4 is 46.7 Å². The van der Waals surface area contributed by atoms with E-state index in [1.807, 2.05) is 61.0 Å². The van der Waals surface area contributed by atoms with Crippen LogP contribution >= 0.6 is 23.5 Å². The molecule has 2 rings (SSSR count). The van der Waals surface area contributed by atoms with Gasteiger partial charge in [0, 0.05) is 9.79 Å². The molecule has 0 spiro atoms. The van der Waals surface area contributed by atoms with Gasteiger partial charge in [-0.2, -0.15) is 0 Å². The third-order valence-corrected chi connectivity index (χ3v) is 4.67. The first kappa shape index (κ1) is 17.4. The maximum absolute atomic E-state index is 12.0. The summed E-state index contributed by atoms with van der Waals surface area (Å²) in [5, 5.41) is 5.56. The van der Waals surface area contributed by atoms with E-state index < -0.39 is 0 Å². The lowest BCUT2D eigenvalue weighted by Crippen LogP contribution is -2.21. The van der Waals surface area contributed by atoms with Crippen LogP contribution in [0.1, 0.15) is 6.42 Å². The number of hydrogen-bond acceptors (Lipinski definition) is 4. The van der Waals surface area contributed by atoms with Gasteiger partial charge in [0.15, 0.2) is 0 Å². The zero-order valence-corrected chi connectivity index (χ0v) is 14.6. The van der Waals surface area contributed by atoms with Gasteiger partial charge in [0.1, 0.15) is 6.42 Å². The summed E-state index contributed by atoms with van der Waals surface area (Å²) in [6.07, 6.45) is 3.67. The summed E-state index contributed by atoms with van der Waals surface area (Å²) in [5.74, 6) is -0.656. The van der Waals surface area contributed by atoms with Gasteiger partial charge in [-0.15, -0.1) is 23.5 Å². The predicted octanol–water partition coefficient (Wildman–Crippen LogP) is 4.10. The Morgan fingerprint density at radius 3 is 1.57 bits per heavy atom. The fourth-order valence-electron chi connectivity index (χ4n) is 2.03. The lowest BCUT2D eigenvalue weighted by atomic mass is 10.2. The zero-order valence-electron chi connectivity index (χ0n) is 13.0. The molecule has 2 aromatic rings. The molecule has 2 amide bonds. The Labute approximate surface area is 144 Å². The lowest BCUT2D eigenvalue weighted by Gasteiger charge is -2.11. The van der Waals surface area contributed by atoms with Crippen LogP contribution in [-0.2, 0) is 9.59 Å². The molecule has 0 aromatic heterocycles. The molecule has 120 valence electrons. The Morgan fingerprint density at radius 2 is 1.17 bits per heavy atom. The smallest absolute Gasteiger partial charge is 0.233 e. The summed E-state index contributed by atoms with van der Waals surface area (Å²) in [6, 6.07) is 15.0. The van der Waals surface area contributed by atoms with E-state index in [0.717, 1.165) is 21.2 Å². The van der Waals surface area contributed by atoms with E-state index in [0.29, 0.717) is 0 Å². The van der Waals surface area contributed by atoms with Crippen LogP contribution in [0.3, 0.4) is 0 Å². The molecule has 0 aliphatic rings. The van der Waals surface area contributed by atoms with Crippen LogP contribution in [0.15, 0.2) is 58.3 Å². The van der Waals surface area contributed by atoms with E-state index in [2.05, 4.69) is 10.6 Å². The van der Waals surface area contributed by atoms with Crippen LogP contribution in [0, 0.1) is 0 Å². The van der Waals surface area contributed by atoms with Crippen LogP contribution in [0.2, 0.25) is 0 Å². The number of para-hydroxylation sites is 2. The molecule has 0 bridgehead atoms. The summed E-state index contributed by atoms with van der Waals surface area (Å²) in [6.45, 7) is 0. The minimum atomic E-state index is -0.328. The summed E-state index contributed by atoms with van der Waals surface area (Å²) < 4.78 is 0. The van der Waals surface area contributed by atoms with Crippen molar-refractivity contribution in [2.75, 3.05) is 23.1 Å². The maximum atomic E-state index is 12.0. The molecule has 23 heavy (non-hydrogen) atoms. The van der Waals surface area contributed by atoms with Gasteiger partial charge in [-0.1, -0.05) is 24.3 Å². The monoisotopic (exact) mass is 346 g/mol. The van der Waals surface area contributed by atoms with Crippen molar-refractivity contribution in [3.63, 3.8) is 0 Å². The molecule has 0 unspecified atom stereocenters. The number of rotatable bonds is 6. The molecule has 0 aliphatic heterocycles. The van der Waals surface area contributed by atoms with Crippen molar-refractivity contribution in [3.05, 3.63) is 48.5 Å². The van der Waals surface area contributed by atoms with Crippen LogP contribution in [-0.4, -0.2) is 24.3 Å². The Morgan fingerprint density at radius 1 is 0.783 bits per heavy atom. The second-order valence-electron chi connectivity index (χ2n) is 4.67. The molecule has 6 heteroatoms. The first-order valence-electron chi connectivity index (χ1n) is 6.99. The molecule has 0 saturated heterocycles. The number of hydrogen-bond donors (Lipinski definition) is 2. The highest BCUT2D eigenvalue weighted by atomic mass is 32.2. The summed E-state index contributed by atoms with van der Waals surface area (Å²) in [7, 11) is 0. The summed E-state index contributed by atoms with van der Waals surface area (Å²) in [5.41, 5.74) is 1.45. The van der Waals surface area contributed by atoms with E-state index in [1.54, 1.807) is 23.5 Å². The molecular weight excluding hydrogens is 328 g/mol. The number of amides is 2. The van der Waals surface area contributed by atoms with Crippen LogP contribution < -0.4 is 10.6 Å². The fourth-order valence-corrected chi connectivity index (χ4v) is 3.14. The van der Waals surface area contributed by atoms with Crippen molar-refractivity contribution < 1.29 is 9.59 Å². The Kier molecular flexibility index (Phi) is 6.55. The first-order chi connectivity index (χ1) is 11.1. The number of thioether (sulfide) groups is 2. The zero-order chi connectivity index (χ0) is 16.7. The predicted molar refractivity (Wildman–Crippen MR) is 98.3 cm³/mol. The quantitative estimate of drug-likeness (QED) is 0.611. The summed E-state index contributed by atoms with van der Waals surface area (Å²) >= 11 is 3.09. The van der Waals surface area contributed by atoms with Gasteiger partial charge >= 0.3 is 0 Å². The van der Waals surface area contributed by atoms with E-state index in [1.165, 1.54) is 0 Å². The molecule has 0 radical (unpaired) electrons. The van der Waals surface area contributed by atoms with E-state index in [9.17, 15) is 9.59 Å². The molecule has 0 saturated carbocycles. The molecular formula is C17H18N2O2S2. The van der Waals surface area contributed by atoms with Crippen molar-refractivity contribution in [3.8, 4) is 0 Å². The molecule has 0 fully saturated rings. The molecule has 2 aromatic carbocycles. The van der Waals surface area contributed by atoms with Gasteiger partial charge in [-0.25, -0.2) is 0 Å². The Hall–Kier alpha value is -1.92. The van der Waals surface area contributed by atoms with Crippen molar-refractivity contribution in [2.24, 2.45) is 0 Å². The standard InChI is InChI=1S/C17H18N2O2S2/c1-22-14-9-5-3-7-12(14)18-16(20)11-17(21)19-13-8-4-6-10-15(13)23-2/h3-10H,11H2,1-2H3,(H,18,20)(H,19,21). The van der Waals surface area contributed by atoms with Gasteiger partial charge in [0.2, 0.25) is 11.8 Å². The van der Waals surface area contributed by atoms with Crippen molar-refractivity contribution in [1.29, 1.82) is 0 Å². The van der Waals surface area contributed by atoms with Gasteiger partial charge < -0.3 is 10.6 Å². The second-order valence-corrected chi connectivity index (χ2v) is 6.37. The minimum Gasteiger partial charge on any atom is -0.325 e. The van der Waals surface area contributed by atoms with Crippen LogP contribution in [0.25, 0.3) is 0 Å². The van der Waals surface area contributed by atoms with Crippen molar-refractivity contribution in [2.45, 2.75) is 16.2 Å². The van der Waals surface area contributed by atoms with Crippen LogP contribution in [0.4, 0.5) is 11.4 Å². The topological polar surface area (TPSA) is 58.2 Å². The minimum absolute atomic E-state index is 0.217. The maximum Gasteiger partial charge on any atom is 0.233 e. The highest BCUT2D eigenvalue weighted by Crippen LogP contribution is 2.26. The molecule has 4 nitrogen and oxygen atoms in total. The van der Waals surface area contributed by atoms with Crippen molar-refractivity contribution in [1.82, 2.24) is 0 Å². The van der Waals surface area contributed by atoms with E-state index in [4.69, 9.17) is 0 Å². The third-order valence-electron chi connectivity index (χ3n) is 3.08. The average molecular weight is 346 g/mol. The Balaban J connectivity index is 1.96. The molecule has 0 atom stereocenters. The highest BCUT2D eigenvalue weighted by Gasteiger charge is 2.12. The molecule has 0 heterocycles. The van der Waals surface area contributed by atoms with Crippen LogP contribution in [0.5, 0.6) is 0 Å². The van der Waals surface area contributed by atoms with E-state index in [-0.39, 0.29) is 18.2 Å². The second kappa shape index (κ2) is 8.64. The third kappa shape index (κ3) is 5.04. The van der Waals surface area contributed by atoms with E-state index >= 15 is 0 Å². The molecule has 0 aliphatic carbocycles. The van der Waals surface area contributed by atoms with Gasteiger partial charge in [0.25, 0.3) is 0 Å². The lowest BCUT2D eigenvalue weighted by molar-refractivity contribution is -0.123. The number of nitrogens with one attached hydrogen (secondary N) is 2. The number of carbonyl (C=O) groups is 2. The number of anilines is 2. The summed E-state index contributed by atoms with van der Waals surface area (Å²) in [4.78, 5) is 26.0. The highest BCUT2D eigenvalue weighted by molar-refractivity contribution is 7.99. The first-order valence-corrected chi connectivity index (χ1v) is 9.44. The molecule has 2 N–H and O–H groups in total. The Bertz CT molecular complexity index is 645. The van der Waals surface area contributed by atoms with Gasteiger partial charge in [0.05, 0.1) is 11.4 Å². The normalized spacial score (nSPS) is 10.2. The largest absolute Gasteiger partial charge is 0.325 e. The van der Waals surface area contributed by atoms with Gasteiger partial charge in [-0.05, 0) is 36.8 Å². The van der Waals surface area contributed by atoms with Gasteiger partial charge in [-0.3, -0.25) is 9.59 Å². The number of benzene rings is 2. The average Bonchev–Trinajstić information content (AvgIpc) is 2.55. The fraction of sp³-hybridized carbons (Fsp3) is 0.176. The SMILES string of the molecule is CSc1ccccc1NC(=O)CC(=O)Nc1ccccc1SC.